The molecule has 5 rings (SSSR count). The average Bonchev–Trinajstić information content (AvgIpc) is 3.24. The number of nitrogens with zero attached hydrogens (tertiary/aromatic N) is 2. The molecule has 0 spiro atoms. The molecule has 0 fully saturated rings. The minimum atomic E-state index is -4.08. The van der Waals surface area contributed by atoms with Crippen molar-refractivity contribution in [2.75, 3.05) is 7.11 Å². The summed E-state index contributed by atoms with van der Waals surface area (Å²) < 4.78 is 40.6. The second-order valence-electron chi connectivity index (χ2n) is 8.59. The summed E-state index contributed by atoms with van der Waals surface area (Å²) in [4.78, 5) is 16.3. The van der Waals surface area contributed by atoms with E-state index in [9.17, 15) is 18.3 Å². The standard InChI is InChI=1S/C28H24N2O6S/c1-18-11-13-20(14-12-18)37(33,34)30-22-9-6-10-24(36-16-19-7-4-3-5-8-19)26(22)25-21(17-35-2)27(28(31)32)29-15-23(25)30/h3-15H,16-17H2,1-2H3,(H,31,32). The summed E-state index contributed by atoms with van der Waals surface area (Å²) in [5, 5.41) is 10.7. The van der Waals surface area contributed by atoms with Crippen LogP contribution in [0.3, 0.4) is 0 Å². The molecule has 0 saturated carbocycles. The molecule has 0 radical (unpaired) electrons. The summed E-state index contributed by atoms with van der Waals surface area (Å²) in [6.45, 7) is 2.04. The van der Waals surface area contributed by atoms with Gasteiger partial charge in [0.1, 0.15) is 12.4 Å². The van der Waals surface area contributed by atoms with E-state index in [1.54, 1.807) is 42.5 Å². The predicted octanol–water partition coefficient (Wildman–Crippen LogP) is 5.16. The Hall–Kier alpha value is -4.21. The van der Waals surface area contributed by atoms with Gasteiger partial charge in [0.2, 0.25) is 0 Å². The number of carboxylic acid groups (broad SMARTS) is 1. The summed E-state index contributed by atoms with van der Waals surface area (Å²) in [6.07, 6.45) is 1.28. The van der Waals surface area contributed by atoms with E-state index in [-0.39, 0.29) is 34.9 Å². The van der Waals surface area contributed by atoms with Gasteiger partial charge in [0.15, 0.2) is 5.69 Å². The van der Waals surface area contributed by atoms with Crippen LogP contribution < -0.4 is 4.74 Å². The van der Waals surface area contributed by atoms with Crippen LogP contribution in [-0.2, 0) is 28.0 Å². The van der Waals surface area contributed by atoms with Crippen molar-refractivity contribution in [3.63, 3.8) is 0 Å². The fourth-order valence-corrected chi connectivity index (χ4v) is 5.94. The summed E-state index contributed by atoms with van der Waals surface area (Å²) in [7, 11) is -2.64. The largest absolute Gasteiger partial charge is 0.488 e. The van der Waals surface area contributed by atoms with Gasteiger partial charge in [-0.1, -0.05) is 54.1 Å². The highest BCUT2D eigenvalue weighted by Crippen LogP contribution is 2.40. The van der Waals surface area contributed by atoms with Crippen LogP contribution in [0.1, 0.15) is 27.2 Å². The molecule has 0 unspecified atom stereocenters. The lowest BCUT2D eigenvalue weighted by atomic mass is 10.1. The van der Waals surface area contributed by atoms with Gasteiger partial charge >= 0.3 is 5.97 Å². The van der Waals surface area contributed by atoms with Gasteiger partial charge in [-0.05, 0) is 36.8 Å². The number of fused-ring (bicyclic) bond motifs is 3. The molecule has 188 valence electrons. The van der Waals surface area contributed by atoms with E-state index in [1.807, 2.05) is 37.3 Å². The highest BCUT2D eigenvalue weighted by atomic mass is 32.2. The number of carboxylic acids is 1. The zero-order valence-corrected chi connectivity index (χ0v) is 21.0. The van der Waals surface area contributed by atoms with Crippen LogP contribution in [-0.4, -0.2) is 35.6 Å². The molecule has 0 aliphatic carbocycles. The quantitative estimate of drug-likeness (QED) is 0.304. The minimum absolute atomic E-state index is 0.0807. The number of benzene rings is 3. The molecule has 8 nitrogen and oxygen atoms in total. The van der Waals surface area contributed by atoms with E-state index in [4.69, 9.17) is 9.47 Å². The highest BCUT2D eigenvalue weighted by molar-refractivity contribution is 7.90. The topological polar surface area (TPSA) is 108 Å². The Morgan fingerprint density at radius 2 is 1.65 bits per heavy atom. The fraction of sp³-hybridized carbons (Fsp3) is 0.143. The molecule has 3 aromatic carbocycles. The minimum Gasteiger partial charge on any atom is -0.488 e. The number of methoxy groups -OCH3 is 1. The van der Waals surface area contributed by atoms with Gasteiger partial charge in [0, 0.05) is 18.1 Å². The fourth-order valence-electron chi connectivity index (χ4n) is 4.44. The summed E-state index contributed by atoms with van der Waals surface area (Å²) in [6, 6.07) is 21.2. The number of hydrogen-bond donors (Lipinski definition) is 1. The maximum absolute atomic E-state index is 14.0. The third-order valence-corrected chi connectivity index (χ3v) is 7.88. The van der Waals surface area contributed by atoms with Crippen molar-refractivity contribution in [2.45, 2.75) is 25.0 Å². The summed E-state index contributed by atoms with van der Waals surface area (Å²) in [5.41, 5.74) is 2.50. The summed E-state index contributed by atoms with van der Waals surface area (Å²) >= 11 is 0. The molecule has 0 amide bonds. The van der Waals surface area contributed by atoms with Crippen molar-refractivity contribution >= 4 is 37.8 Å². The van der Waals surface area contributed by atoms with Crippen molar-refractivity contribution in [2.24, 2.45) is 0 Å². The lowest BCUT2D eigenvalue weighted by Crippen LogP contribution is -2.14. The SMILES string of the molecule is COCc1c(C(=O)O)ncc2c1c1c(OCc3ccccc3)cccc1n2S(=O)(=O)c1ccc(C)cc1. The normalized spacial score (nSPS) is 11.7. The van der Waals surface area contributed by atoms with Crippen LogP contribution in [0.15, 0.2) is 83.9 Å². The number of pyridine rings is 1. The number of rotatable bonds is 8. The number of aryl methyl sites for hydroxylation is 1. The first-order chi connectivity index (χ1) is 17.8. The zero-order valence-electron chi connectivity index (χ0n) is 20.2. The molecule has 2 aromatic heterocycles. The van der Waals surface area contributed by atoms with Crippen molar-refractivity contribution in [3.05, 3.63) is 101 Å². The Balaban J connectivity index is 1.85. The first-order valence-electron chi connectivity index (χ1n) is 11.5. The summed E-state index contributed by atoms with van der Waals surface area (Å²) in [5.74, 6) is -0.817. The Morgan fingerprint density at radius 1 is 0.919 bits per heavy atom. The first-order valence-corrected chi connectivity index (χ1v) is 12.9. The second kappa shape index (κ2) is 9.68. The van der Waals surface area contributed by atoms with Crippen molar-refractivity contribution in [1.82, 2.24) is 8.96 Å². The monoisotopic (exact) mass is 516 g/mol. The van der Waals surface area contributed by atoms with E-state index in [1.165, 1.54) is 17.3 Å². The lowest BCUT2D eigenvalue weighted by Gasteiger charge is -2.11. The van der Waals surface area contributed by atoms with Crippen LogP contribution in [0.2, 0.25) is 0 Å². The molecule has 0 atom stereocenters. The Morgan fingerprint density at radius 3 is 2.32 bits per heavy atom. The zero-order chi connectivity index (χ0) is 26.2. The maximum atomic E-state index is 14.0. The molecule has 0 aliphatic heterocycles. The maximum Gasteiger partial charge on any atom is 0.354 e. The molecular formula is C28H24N2O6S. The van der Waals surface area contributed by atoms with Crippen LogP contribution in [0.4, 0.5) is 0 Å². The smallest absolute Gasteiger partial charge is 0.354 e. The van der Waals surface area contributed by atoms with Crippen molar-refractivity contribution in [3.8, 4) is 5.75 Å². The molecule has 9 heteroatoms. The molecule has 5 aromatic rings. The van der Waals surface area contributed by atoms with Crippen LogP contribution in [0.25, 0.3) is 21.8 Å². The highest BCUT2D eigenvalue weighted by Gasteiger charge is 2.29. The number of carbonyl (C=O) groups is 1. The van der Waals surface area contributed by atoms with Crippen LogP contribution >= 0.6 is 0 Å². The number of aromatic nitrogens is 2. The molecule has 37 heavy (non-hydrogen) atoms. The van der Waals surface area contributed by atoms with Crippen LogP contribution in [0.5, 0.6) is 5.75 Å². The van der Waals surface area contributed by atoms with Gasteiger partial charge in [-0.25, -0.2) is 22.2 Å². The number of hydrogen-bond acceptors (Lipinski definition) is 6. The molecule has 0 bridgehead atoms. The van der Waals surface area contributed by atoms with Gasteiger partial charge in [-0.2, -0.15) is 0 Å². The van der Waals surface area contributed by atoms with Gasteiger partial charge in [0.25, 0.3) is 10.0 Å². The molecule has 0 saturated heterocycles. The Labute approximate surface area is 213 Å². The van der Waals surface area contributed by atoms with Crippen molar-refractivity contribution < 1.29 is 27.8 Å². The van der Waals surface area contributed by atoms with Gasteiger partial charge < -0.3 is 14.6 Å². The van der Waals surface area contributed by atoms with E-state index < -0.39 is 16.0 Å². The first kappa shape index (κ1) is 24.5. The second-order valence-corrected chi connectivity index (χ2v) is 10.4. The number of aromatic carboxylic acids is 1. The van der Waals surface area contributed by atoms with E-state index in [0.29, 0.717) is 22.0 Å². The van der Waals surface area contributed by atoms with Gasteiger partial charge in [0.05, 0.1) is 34.1 Å². The van der Waals surface area contributed by atoms with E-state index in [2.05, 4.69) is 4.98 Å². The van der Waals surface area contributed by atoms with E-state index in [0.717, 1.165) is 11.1 Å². The molecule has 2 heterocycles. The van der Waals surface area contributed by atoms with E-state index >= 15 is 0 Å². The molecule has 1 N–H and O–H groups in total. The Bertz CT molecular complexity index is 1730. The Kier molecular flexibility index (Phi) is 6.41. The van der Waals surface area contributed by atoms with Crippen LogP contribution in [0, 0.1) is 6.92 Å². The number of ether oxygens (including phenoxy) is 2. The molecular weight excluding hydrogens is 492 g/mol. The van der Waals surface area contributed by atoms with Gasteiger partial charge in [-0.15, -0.1) is 0 Å². The predicted molar refractivity (Wildman–Crippen MR) is 139 cm³/mol. The molecule has 0 aliphatic rings. The third kappa shape index (κ3) is 4.32. The average molecular weight is 517 g/mol. The van der Waals surface area contributed by atoms with Gasteiger partial charge in [-0.3, -0.25) is 0 Å². The lowest BCUT2D eigenvalue weighted by molar-refractivity contribution is 0.0685. The van der Waals surface area contributed by atoms with Crippen molar-refractivity contribution in [1.29, 1.82) is 0 Å². The third-order valence-electron chi connectivity index (χ3n) is 6.14.